The van der Waals surface area contributed by atoms with Crippen molar-refractivity contribution in [3.63, 3.8) is 0 Å². The predicted molar refractivity (Wildman–Crippen MR) is 65.8 cm³/mol. The fourth-order valence-corrected chi connectivity index (χ4v) is 2.09. The van der Waals surface area contributed by atoms with Gasteiger partial charge in [-0.2, -0.15) is 0 Å². The molecule has 3 aromatic heterocycles. The average molecular weight is 259 g/mol. The van der Waals surface area contributed by atoms with Crippen molar-refractivity contribution < 1.29 is 8.83 Å². The molecule has 0 saturated heterocycles. The van der Waals surface area contributed by atoms with E-state index in [0.29, 0.717) is 16.9 Å². The van der Waals surface area contributed by atoms with E-state index in [1.165, 1.54) is 11.8 Å². The van der Waals surface area contributed by atoms with E-state index in [2.05, 4.69) is 15.2 Å². The molecule has 0 aliphatic rings. The SMILES string of the molecule is c1cncc(CSc2nnc(-c3ccco3)o2)c1. The van der Waals surface area contributed by atoms with Gasteiger partial charge in [-0.15, -0.1) is 10.2 Å². The zero-order valence-electron chi connectivity index (χ0n) is 9.31. The normalized spacial score (nSPS) is 10.7. The number of nitrogens with zero attached hydrogens (tertiary/aromatic N) is 3. The molecular weight excluding hydrogens is 250 g/mol. The summed E-state index contributed by atoms with van der Waals surface area (Å²) in [5.41, 5.74) is 1.11. The Balaban J connectivity index is 1.68. The molecule has 18 heavy (non-hydrogen) atoms. The largest absolute Gasteiger partial charge is 0.459 e. The van der Waals surface area contributed by atoms with Gasteiger partial charge in [-0.1, -0.05) is 17.8 Å². The number of furan rings is 1. The second kappa shape index (κ2) is 5.05. The van der Waals surface area contributed by atoms with E-state index in [-0.39, 0.29) is 0 Å². The molecule has 0 unspecified atom stereocenters. The molecule has 5 nitrogen and oxygen atoms in total. The molecule has 3 aromatic rings. The van der Waals surface area contributed by atoms with E-state index in [0.717, 1.165) is 11.3 Å². The van der Waals surface area contributed by atoms with Crippen LogP contribution in [-0.4, -0.2) is 15.2 Å². The average Bonchev–Trinajstić information content (AvgIpc) is 3.08. The Labute approximate surface area is 107 Å². The topological polar surface area (TPSA) is 65.0 Å². The van der Waals surface area contributed by atoms with Crippen LogP contribution >= 0.6 is 11.8 Å². The second-order valence-corrected chi connectivity index (χ2v) is 4.43. The number of rotatable bonds is 4. The van der Waals surface area contributed by atoms with Crippen LogP contribution in [0.5, 0.6) is 0 Å². The van der Waals surface area contributed by atoms with Crippen LogP contribution in [0.25, 0.3) is 11.7 Å². The maximum absolute atomic E-state index is 5.48. The molecule has 6 heteroatoms. The highest BCUT2D eigenvalue weighted by atomic mass is 32.2. The first-order chi connectivity index (χ1) is 8.92. The van der Waals surface area contributed by atoms with Crippen LogP contribution < -0.4 is 0 Å². The Morgan fingerprint density at radius 2 is 2.17 bits per heavy atom. The number of hydrogen-bond acceptors (Lipinski definition) is 6. The maximum Gasteiger partial charge on any atom is 0.284 e. The van der Waals surface area contributed by atoms with Gasteiger partial charge in [0.05, 0.1) is 6.26 Å². The van der Waals surface area contributed by atoms with Crippen LogP contribution in [0.2, 0.25) is 0 Å². The van der Waals surface area contributed by atoms with Gasteiger partial charge in [-0.3, -0.25) is 4.98 Å². The highest BCUT2D eigenvalue weighted by Crippen LogP contribution is 2.25. The van der Waals surface area contributed by atoms with Crippen molar-refractivity contribution >= 4 is 11.8 Å². The van der Waals surface area contributed by atoms with Crippen molar-refractivity contribution in [2.24, 2.45) is 0 Å². The third-order valence-corrected chi connectivity index (χ3v) is 3.11. The van der Waals surface area contributed by atoms with Gasteiger partial charge in [-0.05, 0) is 23.8 Å². The lowest BCUT2D eigenvalue weighted by molar-refractivity contribution is 0.447. The predicted octanol–water partition coefficient (Wildman–Crippen LogP) is 3.02. The molecule has 0 aliphatic heterocycles. The molecule has 90 valence electrons. The fourth-order valence-electron chi connectivity index (χ4n) is 1.40. The molecule has 0 saturated carbocycles. The van der Waals surface area contributed by atoms with Gasteiger partial charge >= 0.3 is 0 Å². The Kier molecular flexibility index (Phi) is 3.10. The molecule has 3 rings (SSSR count). The van der Waals surface area contributed by atoms with Crippen LogP contribution in [0, 0.1) is 0 Å². The van der Waals surface area contributed by atoms with Crippen molar-refractivity contribution in [1.82, 2.24) is 15.2 Å². The van der Waals surface area contributed by atoms with E-state index in [4.69, 9.17) is 8.83 Å². The van der Waals surface area contributed by atoms with Crippen LogP contribution in [-0.2, 0) is 5.75 Å². The summed E-state index contributed by atoms with van der Waals surface area (Å²) in [6, 6.07) is 7.47. The molecule has 0 N–H and O–H groups in total. The maximum atomic E-state index is 5.48. The third-order valence-electron chi connectivity index (χ3n) is 2.22. The fraction of sp³-hybridized carbons (Fsp3) is 0.0833. The highest BCUT2D eigenvalue weighted by Gasteiger charge is 2.11. The molecule has 0 bridgehead atoms. The van der Waals surface area contributed by atoms with Crippen LogP contribution in [0.15, 0.2) is 57.0 Å². The smallest absolute Gasteiger partial charge is 0.284 e. The minimum Gasteiger partial charge on any atom is -0.459 e. The summed E-state index contributed by atoms with van der Waals surface area (Å²) in [7, 11) is 0. The first-order valence-corrected chi connectivity index (χ1v) is 6.29. The monoisotopic (exact) mass is 259 g/mol. The molecular formula is C12H9N3O2S. The summed E-state index contributed by atoms with van der Waals surface area (Å²) in [6.07, 6.45) is 5.13. The standard InChI is InChI=1S/C12H9N3O2S/c1-3-9(7-13-5-1)8-18-12-15-14-11(17-12)10-4-2-6-16-10/h1-7H,8H2. The molecule has 0 aliphatic carbocycles. The Morgan fingerprint density at radius 3 is 2.94 bits per heavy atom. The van der Waals surface area contributed by atoms with Gasteiger partial charge in [0.25, 0.3) is 11.1 Å². The van der Waals surface area contributed by atoms with Crippen molar-refractivity contribution in [3.05, 3.63) is 48.5 Å². The molecule has 0 aromatic carbocycles. The first-order valence-electron chi connectivity index (χ1n) is 5.31. The van der Waals surface area contributed by atoms with Crippen LogP contribution in [0.1, 0.15) is 5.56 Å². The van der Waals surface area contributed by atoms with E-state index in [9.17, 15) is 0 Å². The first kappa shape index (κ1) is 11.0. The van der Waals surface area contributed by atoms with E-state index in [1.807, 2.05) is 18.3 Å². The number of thioether (sulfide) groups is 1. The van der Waals surface area contributed by atoms with Gasteiger partial charge in [-0.25, -0.2) is 0 Å². The lowest BCUT2D eigenvalue weighted by atomic mass is 10.3. The molecule has 0 spiro atoms. The van der Waals surface area contributed by atoms with Gasteiger partial charge < -0.3 is 8.83 Å². The summed E-state index contributed by atoms with van der Waals surface area (Å²) < 4.78 is 10.7. The quantitative estimate of drug-likeness (QED) is 0.671. The van der Waals surface area contributed by atoms with Crippen molar-refractivity contribution in [2.45, 2.75) is 11.0 Å². The van der Waals surface area contributed by atoms with Crippen molar-refractivity contribution in [1.29, 1.82) is 0 Å². The Morgan fingerprint density at radius 1 is 1.17 bits per heavy atom. The minimum absolute atomic E-state index is 0.397. The molecule has 0 fully saturated rings. The lowest BCUT2D eigenvalue weighted by Crippen LogP contribution is -1.81. The molecule has 0 radical (unpaired) electrons. The highest BCUT2D eigenvalue weighted by molar-refractivity contribution is 7.98. The molecule has 0 amide bonds. The van der Waals surface area contributed by atoms with E-state index >= 15 is 0 Å². The van der Waals surface area contributed by atoms with Gasteiger partial charge in [0, 0.05) is 18.1 Å². The van der Waals surface area contributed by atoms with E-state index in [1.54, 1.807) is 24.6 Å². The molecule has 0 atom stereocenters. The summed E-state index contributed by atoms with van der Waals surface area (Å²) >= 11 is 1.47. The lowest BCUT2D eigenvalue weighted by Gasteiger charge is -1.95. The van der Waals surface area contributed by atoms with Crippen molar-refractivity contribution in [2.75, 3.05) is 0 Å². The zero-order valence-corrected chi connectivity index (χ0v) is 10.1. The molecule has 3 heterocycles. The number of pyridine rings is 1. The van der Waals surface area contributed by atoms with Gasteiger partial charge in [0.15, 0.2) is 5.76 Å². The van der Waals surface area contributed by atoms with Crippen molar-refractivity contribution in [3.8, 4) is 11.7 Å². The summed E-state index contributed by atoms with van der Waals surface area (Å²) in [6.45, 7) is 0. The van der Waals surface area contributed by atoms with Crippen LogP contribution in [0.4, 0.5) is 0 Å². The Hall–Kier alpha value is -2.08. The third kappa shape index (κ3) is 2.43. The minimum atomic E-state index is 0.397. The number of hydrogen-bond donors (Lipinski definition) is 0. The summed E-state index contributed by atoms with van der Waals surface area (Å²) in [5.74, 6) is 1.72. The summed E-state index contributed by atoms with van der Waals surface area (Å²) in [5, 5.41) is 8.40. The van der Waals surface area contributed by atoms with Gasteiger partial charge in [0.2, 0.25) is 0 Å². The second-order valence-electron chi connectivity index (χ2n) is 3.50. The Bertz CT molecular complexity index is 607. The van der Waals surface area contributed by atoms with Crippen LogP contribution in [0.3, 0.4) is 0 Å². The summed E-state index contributed by atoms with van der Waals surface area (Å²) in [4.78, 5) is 4.05. The van der Waals surface area contributed by atoms with E-state index < -0.39 is 0 Å². The zero-order chi connectivity index (χ0) is 12.2. The van der Waals surface area contributed by atoms with Gasteiger partial charge in [0.1, 0.15) is 0 Å². The number of aromatic nitrogens is 3.